The molecule has 5 heteroatoms. The first kappa shape index (κ1) is 6.54. The molecule has 2 aliphatic rings. The number of carbonyl (C=O) groups is 2. The van der Waals surface area contributed by atoms with E-state index in [0.717, 1.165) is 0 Å². The maximum Gasteiger partial charge on any atom is 0.352 e. The van der Waals surface area contributed by atoms with E-state index in [9.17, 15) is 9.59 Å². The van der Waals surface area contributed by atoms with Crippen molar-refractivity contribution in [3.8, 4) is 0 Å². The van der Waals surface area contributed by atoms with Gasteiger partial charge in [0.2, 0.25) is 5.91 Å². The fraction of sp³-hybridized carbons (Fsp3) is 0.429. The van der Waals surface area contributed by atoms with Crippen LogP contribution < -0.4 is 0 Å². The third kappa shape index (κ3) is 0.929. The van der Waals surface area contributed by atoms with E-state index in [2.05, 4.69) is 0 Å². The number of β-lactam (4-membered cyclic amide) rings is 1. The quantitative estimate of drug-likeness (QED) is 0.597. The number of hydrogen-bond donors (Lipinski definition) is 1. The van der Waals surface area contributed by atoms with Gasteiger partial charge in [-0.25, -0.2) is 4.79 Å². The Morgan fingerprint density at radius 1 is 1.92 bits per heavy atom. The van der Waals surface area contributed by atoms with Crippen molar-refractivity contribution in [3.05, 3.63) is 11.7 Å². The number of carboxylic acid groups (broad SMARTS) is 1. The molecular formula is C7H7NO3S. The SMILES string of the molecule is [2H]C1=C(C(=O)O)N2C(=O)CC2SC1. The highest BCUT2D eigenvalue weighted by atomic mass is 32.2. The summed E-state index contributed by atoms with van der Waals surface area (Å²) in [4.78, 5) is 23.0. The van der Waals surface area contributed by atoms with Crippen LogP contribution in [0, 0.1) is 0 Å². The van der Waals surface area contributed by atoms with Gasteiger partial charge in [0.25, 0.3) is 0 Å². The standard InChI is InChI=1S/C7H7NO3S/c9-5-3-6-8(5)4(7(10)11)1-2-12-6/h1,6H,2-3H2,(H,10,11)/i1D. The Balaban J connectivity index is 2.37. The van der Waals surface area contributed by atoms with E-state index in [-0.39, 0.29) is 23.0 Å². The topological polar surface area (TPSA) is 57.6 Å². The first-order valence-electron chi connectivity index (χ1n) is 3.98. The molecule has 64 valence electrons. The Kier molecular flexibility index (Phi) is 1.37. The van der Waals surface area contributed by atoms with E-state index in [0.29, 0.717) is 12.2 Å². The Hall–Kier alpha value is -0.970. The summed E-state index contributed by atoms with van der Waals surface area (Å²) in [5, 5.41) is 8.72. The lowest BCUT2D eigenvalue weighted by Crippen LogP contribution is -2.52. The maximum atomic E-state index is 11.1. The molecule has 2 rings (SSSR count). The highest BCUT2D eigenvalue weighted by Crippen LogP contribution is 2.36. The molecule has 0 aliphatic carbocycles. The third-order valence-electron chi connectivity index (χ3n) is 1.86. The monoisotopic (exact) mass is 186 g/mol. The zero-order valence-electron chi connectivity index (χ0n) is 7.11. The summed E-state index contributed by atoms with van der Waals surface area (Å²) < 4.78 is 7.39. The molecule has 2 aliphatic heterocycles. The van der Waals surface area contributed by atoms with Gasteiger partial charge in [0, 0.05) is 5.75 Å². The van der Waals surface area contributed by atoms with Gasteiger partial charge in [-0.3, -0.25) is 9.69 Å². The lowest BCUT2D eigenvalue weighted by Gasteiger charge is -2.42. The first-order valence-corrected chi connectivity index (χ1v) is 4.53. The van der Waals surface area contributed by atoms with Gasteiger partial charge in [-0.05, 0) is 6.05 Å². The number of rotatable bonds is 1. The number of thioether (sulfide) groups is 1. The number of aliphatic carboxylic acids is 1. The third-order valence-corrected chi connectivity index (χ3v) is 2.94. The molecule has 2 heterocycles. The number of nitrogens with zero attached hydrogens (tertiary/aromatic N) is 1. The van der Waals surface area contributed by atoms with E-state index in [1.54, 1.807) is 0 Å². The molecule has 0 aromatic rings. The lowest BCUT2D eigenvalue weighted by atomic mass is 10.1. The smallest absolute Gasteiger partial charge is 0.352 e. The Labute approximate surface area is 74.6 Å². The summed E-state index contributed by atoms with van der Waals surface area (Å²) in [6.07, 6.45) is 0.398. The van der Waals surface area contributed by atoms with Crippen LogP contribution in [-0.4, -0.2) is 33.0 Å². The van der Waals surface area contributed by atoms with E-state index in [1.807, 2.05) is 0 Å². The van der Waals surface area contributed by atoms with Gasteiger partial charge in [-0.2, -0.15) is 0 Å². The van der Waals surface area contributed by atoms with Crippen molar-refractivity contribution in [2.45, 2.75) is 11.8 Å². The fourth-order valence-corrected chi connectivity index (χ4v) is 2.30. The summed E-state index contributed by atoms with van der Waals surface area (Å²) in [6, 6.07) is 0.0294. The van der Waals surface area contributed by atoms with Crippen LogP contribution in [0.3, 0.4) is 0 Å². The molecule has 0 saturated carbocycles. The number of carboxylic acids is 1. The van der Waals surface area contributed by atoms with Crippen LogP contribution in [0.1, 0.15) is 7.79 Å². The molecule has 4 nitrogen and oxygen atoms in total. The molecule has 0 aromatic heterocycles. The van der Waals surface area contributed by atoms with E-state index >= 15 is 0 Å². The second-order valence-corrected chi connectivity index (χ2v) is 3.73. The van der Waals surface area contributed by atoms with Crippen LogP contribution in [0.5, 0.6) is 0 Å². The van der Waals surface area contributed by atoms with Crippen molar-refractivity contribution < 1.29 is 16.1 Å². The van der Waals surface area contributed by atoms with Gasteiger partial charge < -0.3 is 5.11 Å². The van der Waals surface area contributed by atoms with Gasteiger partial charge in [0.15, 0.2) is 0 Å². The van der Waals surface area contributed by atoms with Crippen LogP contribution in [0.2, 0.25) is 0 Å². The number of fused-ring (bicyclic) bond motifs is 1. The second-order valence-electron chi connectivity index (χ2n) is 2.56. The summed E-state index contributed by atoms with van der Waals surface area (Å²) in [5.74, 6) is -0.988. The molecule has 1 saturated heterocycles. The van der Waals surface area contributed by atoms with Crippen LogP contribution in [0.4, 0.5) is 0 Å². The molecule has 1 atom stereocenters. The summed E-state index contributed by atoms with van der Waals surface area (Å²) >= 11 is 1.44. The Morgan fingerprint density at radius 2 is 2.67 bits per heavy atom. The van der Waals surface area contributed by atoms with Crippen molar-refractivity contribution in [1.29, 1.82) is 0 Å². The molecule has 0 radical (unpaired) electrons. The van der Waals surface area contributed by atoms with Crippen molar-refractivity contribution in [3.63, 3.8) is 0 Å². The van der Waals surface area contributed by atoms with Crippen LogP contribution >= 0.6 is 11.8 Å². The summed E-state index contributed by atoms with van der Waals surface area (Å²) in [6.45, 7) is 0. The largest absolute Gasteiger partial charge is 0.477 e. The number of amides is 1. The number of carbonyl (C=O) groups excluding carboxylic acids is 1. The van der Waals surface area contributed by atoms with Crippen molar-refractivity contribution in [1.82, 2.24) is 4.90 Å². The molecule has 1 amide bonds. The normalized spacial score (nSPS) is 29.3. The minimum atomic E-state index is -1.18. The van der Waals surface area contributed by atoms with Gasteiger partial charge in [-0.15, -0.1) is 11.8 Å². The zero-order chi connectivity index (χ0) is 9.59. The average molecular weight is 186 g/mol. The number of hydrogen-bond acceptors (Lipinski definition) is 3. The minimum Gasteiger partial charge on any atom is -0.477 e. The van der Waals surface area contributed by atoms with Crippen LogP contribution in [0.25, 0.3) is 0 Å². The highest BCUT2D eigenvalue weighted by Gasteiger charge is 2.42. The molecule has 1 unspecified atom stereocenters. The van der Waals surface area contributed by atoms with Gasteiger partial charge >= 0.3 is 5.97 Å². The summed E-state index contributed by atoms with van der Waals surface area (Å²) in [7, 11) is 0. The van der Waals surface area contributed by atoms with Gasteiger partial charge in [0.1, 0.15) is 5.70 Å². The Morgan fingerprint density at radius 3 is 3.17 bits per heavy atom. The van der Waals surface area contributed by atoms with Gasteiger partial charge in [0.05, 0.1) is 13.2 Å². The van der Waals surface area contributed by atoms with E-state index in [1.165, 1.54) is 16.7 Å². The predicted molar refractivity (Wildman–Crippen MR) is 43.4 cm³/mol. The molecule has 12 heavy (non-hydrogen) atoms. The molecule has 0 bridgehead atoms. The zero-order valence-corrected chi connectivity index (χ0v) is 6.93. The first-order chi connectivity index (χ1) is 6.11. The van der Waals surface area contributed by atoms with Crippen molar-refractivity contribution in [2.24, 2.45) is 0 Å². The highest BCUT2D eigenvalue weighted by molar-refractivity contribution is 8.00. The molecular weight excluding hydrogens is 178 g/mol. The average Bonchev–Trinajstić information content (AvgIpc) is 2.05. The van der Waals surface area contributed by atoms with E-state index in [4.69, 9.17) is 6.48 Å². The minimum absolute atomic E-state index is 0.0294. The van der Waals surface area contributed by atoms with Crippen LogP contribution in [-0.2, 0) is 9.59 Å². The summed E-state index contributed by atoms with van der Waals surface area (Å²) in [5.41, 5.74) is -0.139. The van der Waals surface area contributed by atoms with Crippen LogP contribution in [0.15, 0.2) is 11.7 Å². The van der Waals surface area contributed by atoms with Crippen molar-refractivity contribution >= 4 is 23.6 Å². The van der Waals surface area contributed by atoms with Crippen molar-refractivity contribution in [2.75, 3.05) is 5.75 Å². The molecule has 1 N–H and O–H groups in total. The molecule has 0 aromatic carbocycles. The fourth-order valence-electron chi connectivity index (χ4n) is 1.26. The van der Waals surface area contributed by atoms with E-state index < -0.39 is 5.97 Å². The maximum absolute atomic E-state index is 11.1. The molecule has 1 fully saturated rings. The Bertz CT molecular complexity index is 328. The lowest BCUT2D eigenvalue weighted by molar-refractivity contribution is -0.146. The molecule has 0 spiro atoms. The van der Waals surface area contributed by atoms with Gasteiger partial charge in [-0.1, -0.05) is 0 Å². The predicted octanol–water partition coefficient (Wildman–Crippen LogP) is 0.260. The second kappa shape index (κ2) is 2.52.